The highest BCUT2D eigenvalue weighted by atomic mass is 32.2. The summed E-state index contributed by atoms with van der Waals surface area (Å²) in [6, 6.07) is 23.0. The maximum Gasteiger partial charge on any atom is 0.180 e. The molecular formula is C23H23N5O2S. The number of aldehydes is 1. The van der Waals surface area contributed by atoms with Gasteiger partial charge in [0.25, 0.3) is 0 Å². The molecular weight excluding hydrogens is 410 g/mol. The fourth-order valence-electron chi connectivity index (χ4n) is 2.78. The van der Waals surface area contributed by atoms with Gasteiger partial charge in [-0.2, -0.15) is 0 Å². The summed E-state index contributed by atoms with van der Waals surface area (Å²) in [6.07, 6.45) is 0.821. The number of anilines is 4. The van der Waals surface area contributed by atoms with E-state index in [2.05, 4.69) is 15.4 Å². The molecule has 0 spiro atoms. The lowest BCUT2D eigenvalue weighted by molar-refractivity contribution is 0.112. The van der Waals surface area contributed by atoms with E-state index in [-0.39, 0.29) is 0 Å². The molecule has 4 rings (SSSR count). The van der Waals surface area contributed by atoms with Crippen LogP contribution >= 0.6 is 11.9 Å². The molecule has 0 aliphatic heterocycles. The number of para-hydroxylation sites is 2. The standard InChI is InChI=1S/C22H19N5OS.CH4O/c1-23-16-9-11-18(12-10-16)29-27-22-21(24-17-6-4-5-15(13-17)14-28)25-19-7-2-3-8-20(19)26-22;1-2/h2-14,23H,1H3,(H,24,25)(H,26,27);2H,1H3. The first-order valence-electron chi connectivity index (χ1n) is 9.49. The van der Waals surface area contributed by atoms with Gasteiger partial charge in [0.1, 0.15) is 6.29 Å². The van der Waals surface area contributed by atoms with Crippen LogP contribution in [0.2, 0.25) is 0 Å². The van der Waals surface area contributed by atoms with Gasteiger partial charge in [-0.05, 0) is 60.5 Å². The minimum Gasteiger partial charge on any atom is -0.400 e. The molecule has 0 unspecified atom stereocenters. The summed E-state index contributed by atoms with van der Waals surface area (Å²) in [5, 5.41) is 13.4. The van der Waals surface area contributed by atoms with Gasteiger partial charge in [0.15, 0.2) is 11.6 Å². The molecule has 3 aromatic carbocycles. The number of hydrogen-bond acceptors (Lipinski definition) is 8. The Labute approximate surface area is 185 Å². The van der Waals surface area contributed by atoms with E-state index >= 15 is 0 Å². The molecule has 0 fully saturated rings. The number of nitrogens with one attached hydrogen (secondary N) is 3. The van der Waals surface area contributed by atoms with Gasteiger partial charge in [0, 0.05) is 36.0 Å². The highest BCUT2D eigenvalue weighted by Crippen LogP contribution is 2.29. The fraction of sp³-hybridized carbons (Fsp3) is 0.0870. The average molecular weight is 434 g/mol. The maximum atomic E-state index is 11.1. The normalized spacial score (nSPS) is 10.0. The quantitative estimate of drug-likeness (QED) is 0.240. The van der Waals surface area contributed by atoms with Crippen molar-refractivity contribution in [3.63, 3.8) is 0 Å². The van der Waals surface area contributed by atoms with Crippen LogP contribution < -0.4 is 15.4 Å². The van der Waals surface area contributed by atoms with Gasteiger partial charge in [-0.3, -0.25) is 4.79 Å². The van der Waals surface area contributed by atoms with Gasteiger partial charge in [-0.15, -0.1) is 0 Å². The largest absolute Gasteiger partial charge is 0.400 e. The van der Waals surface area contributed by atoms with Gasteiger partial charge >= 0.3 is 0 Å². The Morgan fingerprint density at radius 3 is 2.16 bits per heavy atom. The molecule has 0 aliphatic carbocycles. The minimum atomic E-state index is 0.589. The van der Waals surface area contributed by atoms with Crippen molar-refractivity contribution in [2.45, 2.75) is 4.90 Å². The number of carbonyl (C=O) groups excluding carboxylic acids is 1. The van der Waals surface area contributed by atoms with E-state index in [1.54, 1.807) is 12.1 Å². The molecule has 1 aromatic heterocycles. The molecule has 0 atom stereocenters. The van der Waals surface area contributed by atoms with E-state index < -0.39 is 0 Å². The van der Waals surface area contributed by atoms with Crippen LogP contribution in [0.3, 0.4) is 0 Å². The fourth-order valence-corrected chi connectivity index (χ4v) is 3.41. The third kappa shape index (κ3) is 5.71. The van der Waals surface area contributed by atoms with Gasteiger partial charge in [-0.25, -0.2) is 9.97 Å². The minimum absolute atomic E-state index is 0.589. The first kappa shape index (κ1) is 22.1. The van der Waals surface area contributed by atoms with Crippen LogP contribution in [-0.4, -0.2) is 35.5 Å². The molecule has 0 radical (unpaired) electrons. The molecule has 31 heavy (non-hydrogen) atoms. The molecule has 8 heteroatoms. The van der Waals surface area contributed by atoms with E-state index in [1.165, 1.54) is 11.9 Å². The second-order valence-electron chi connectivity index (χ2n) is 6.26. The molecule has 7 nitrogen and oxygen atoms in total. The average Bonchev–Trinajstić information content (AvgIpc) is 2.84. The van der Waals surface area contributed by atoms with Gasteiger partial charge in [0.2, 0.25) is 0 Å². The first-order chi connectivity index (χ1) is 15.2. The van der Waals surface area contributed by atoms with Crippen LogP contribution in [0.1, 0.15) is 10.4 Å². The van der Waals surface area contributed by atoms with Crippen molar-refractivity contribution in [1.82, 2.24) is 9.97 Å². The highest BCUT2D eigenvalue weighted by molar-refractivity contribution is 8.00. The monoisotopic (exact) mass is 433 g/mol. The lowest BCUT2D eigenvalue weighted by Gasteiger charge is -2.13. The second kappa shape index (κ2) is 11.0. The Balaban J connectivity index is 0.00000132. The van der Waals surface area contributed by atoms with Crippen LogP contribution in [0.5, 0.6) is 0 Å². The van der Waals surface area contributed by atoms with Crippen LogP contribution in [0.4, 0.5) is 23.0 Å². The summed E-state index contributed by atoms with van der Waals surface area (Å²) < 4.78 is 3.30. The Hall–Kier alpha value is -3.62. The smallest absolute Gasteiger partial charge is 0.180 e. The summed E-state index contributed by atoms with van der Waals surface area (Å²) >= 11 is 1.46. The third-order valence-electron chi connectivity index (χ3n) is 4.26. The maximum absolute atomic E-state index is 11.1. The number of hydrogen-bond donors (Lipinski definition) is 4. The van der Waals surface area contributed by atoms with E-state index in [0.717, 1.165) is 40.7 Å². The predicted octanol–water partition coefficient (Wildman–Crippen LogP) is 4.96. The molecule has 1 heterocycles. The van der Waals surface area contributed by atoms with E-state index in [1.807, 2.05) is 67.7 Å². The summed E-state index contributed by atoms with van der Waals surface area (Å²) in [6.45, 7) is 0. The van der Waals surface area contributed by atoms with Gasteiger partial charge in [0.05, 0.1) is 11.0 Å². The SMILES string of the molecule is CNc1ccc(SNc2nc3ccccc3nc2Nc2cccc(C=O)c2)cc1.CO. The molecule has 158 valence electrons. The van der Waals surface area contributed by atoms with E-state index in [4.69, 9.17) is 15.1 Å². The number of nitrogens with zero attached hydrogens (tertiary/aromatic N) is 2. The topological polar surface area (TPSA) is 99.2 Å². The number of aliphatic hydroxyl groups excluding tert-OH is 1. The molecule has 0 saturated carbocycles. The van der Waals surface area contributed by atoms with Gasteiger partial charge in [-0.1, -0.05) is 24.3 Å². The molecule has 4 aromatic rings. The molecule has 0 aliphatic rings. The number of fused-ring (bicyclic) bond motifs is 1. The molecule has 0 amide bonds. The molecule has 0 bridgehead atoms. The van der Waals surface area contributed by atoms with Crippen molar-refractivity contribution in [1.29, 1.82) is 0 Å². The lowest BCUT2D eigenvalue weighted by atomic mass is 10.2. The van der Waals surface area contributed by atoms with Crippen LogP contribution in [0.25, 0.3) is 11.0 Å². The number of benzene rings is 3. The van der Waals surface area contributed by atoms with E-state index in [9.17, 15) is 4.79 Å². The number of aromatic nitrogens is 2. The van der Waals surface area contributed by atoms with Crippen LogP contribution in [-0.2, 0) is 0 Å². The Bertz CT molecular complexity index is 1150. The molecule has 0 saturated heterocycles. The zero-order chi connectivity index (χ0) is 22.1. The van der Waals surface area contributed by atoms with Crippen molar-refractivity contribution in [2.75, 3.05) is 29.5 Å². The number of aliphatic hydroxyl groups is 1. The Morgan fingerprint density at radius 1 is 0.839 bits per heavy atom. The predicted molar refractivity (Wildman–Crippen MR) is 128 cm³/mol. The summed E-state index contributed by atoms with van der Waals surface area (Å²) in [4.78, 5) is 21.6. The van der Waals surface area contributed by atoms with E-state index in [0.29, 0.717) is 17.2 Å². The number of carbonyl (C=O) groups is 1. The third-order valence-corrected chi connectivity index (χ3v) is 5.07. The van der Waals surface area contributed by atoms with Crippen molar-refractivity contribution in [3.8, 4) is 0 Å². The lowest BCUT2D eigenvalue weighted by Crippen LogP contribution is -2.02. The van der Waals surface area contributed by atoms with Gasteiger partial charge < -0.3 is 20.5 Å². The summed E-state index contributed by atoms with van der Waals surface area (Å²) in [7, 11) is 2.89. The summed E-state index contributed by atoms with van der Waals surface area (Å²) in [5.74, 6) is 1.20. The van der Waals surface area contributed by atoms with Crippen molar-refractivity contribution < 1.29 is 9.90 Å². The first-order valence-corrected chi connectivity index (χ1v) is 10.3. The molecule has 4 N–H and O–H groups in total. The number of rotatable bonds is 7. The van der Waals surface area contributed by atoms with Crippen LogP contribution in [0.15, 0.2) is 77.7 Å². The van der Waals surface area contributed by atoms with Crippen molar-refractivity contribution >= 4 is 52.3 Å². The van der Waals surface area contributed by atoms with Crippen molar-refractivity contribution in [3.05, 3.63) is 78.4 Å². The second-order valence-corrected chi connectivity index (χ2v) is 7.14. The van der Waals surface area contributed by atoms with Crippen molar-refractivity contribution in [2.24, 2.45) is 0 Å². The van der Waals surface area contributed by atoms with Crippen LogP contribution in [0, 0.1) is 0 Å². The summed E-state index contributed by atoms with van der Waals surface area (Å²) in [5.41, 5.74) is 4.00. The Morgan fingerprint density at radius 2 is 1.52 bits per heavy atom. The Kier molecular flexibility index (Phi) is 7.80. The zero-order valence-electron chi connectivity index (χ0n) is 17.2. The highest BCUT2D eigenvalue weighted by Gasteiger charge is 2.10. The zero-order valence-corrected chi connectivity index (χ0v) is 18.0.